The first-order valence-electron chi connectivity index (χ1n) is 7.51. The Hall–Kier alpha value is -3.28. The van der Waals surface area contributed by atoms with E-state index in [9.17, 15) is 9.59 Å². The molecule has 1 N–H and O–H groups in total. The molecular formula is C18H16N4O2. The fraction of sp³-hybridized carbons (Fsp3) is 0.111. The minimum Gasteiger partial charge on any atom is -0.323 e. The van der Waals surface area contributed by atoms with Gasteiger partial charge in [0.05, 0.1) is 17.6 Å². The third-order valence-electron chi connectivity index (χ3n) is 3.57. The van der Waals surface area contributed by atoms with E-state index in [4.69, 9.17) is 0 Å². The molecule has 1 atom stereocenters. The van der Waals surface area contributed by atoms with E-state index in [2.05, 4.69) is 15.4 Å². The van der Waals surface area contributed by atoms with Crippen LogP contribution in [0.5, 0.6) is 0 Å². The number of carbonyl (C=O) groups excluding carboxylic acids is 1. The molecular weight excluding hydrogens is 304 g/mol. The number of nitrogens with one attached hydrogen (secondary N) is 1. The number of rotatable bonds is 4. The van der Waals surface area contributed by atoms with Crippen molar-refractivity contribution in [1.82, 2.24) is 14.8 Å². The van der Waals surface area contributed by atoms with E-state index in [-0.39, 0.29) is 11.5 Å². The van der Waals surface area contributed by atoms with Crippen LogP contribution < -0.4 is 10.9 Å². The number of benzene rings is 1. The van der Waals surface area contributed by atoms with Crippen LogP contribution in [0.1, 0.15) is 13.0 Å². The summed E-state index contributed by atoms with van der Waals surface area (Å²) in [6, 6.07) is 15.3. The van der Waals surface area contributed by atoms with Crippen molar-refractivity contribution in [3.63, 3.8) is 0 Å². The summed E-state index contributed by atoms with van der Waals surface area (Å²) in [5.74, 6) is -0.331. The highest BCUT2D eigenvalue weighted by Gasteiger charge is 2.18. The number of nitrogens with zero attached hydrogens (tertiary/aromatic N) is 3. The summed E-state index contributed by atoms with van der Waals surface area (Å²) in [4.78, 5) is 28.4. The number of carbonyl (C=O) groups is 1. The molecule has 0 saturated carbocycles. The van der Waals surface area contributed by atoms with Gasteiger partial charge in [0.2, 0.25) is 5.91 Å². The van der Waals surface area contributed by atoms with Crippen molar-refractivity contribution in [2.45, 2.75) is 13.0 Å². The minimum atomic E-state index is -0.749. The Bertz CT molecular complexity index is 892. The first-order chi connectivity index (χ1) is 11.6. The first kappa shape index (κ1) is 15.6. The van der Waals surface area contributed by atoms with Crippen LogP contribution in [0.4, 0.5) is 5.69 Å². The lowest BCUT2D eigenvalue weighted by Crippen LogP contribution is -2.33. The Morgan fingerprint density at radius 2 is 1.88 bits per heavy atom. The number of aromatic nitrogens is 3. The molecule has 3 rings (SSSR count). The highest BCUT2D eigenvalue weighted by molar-refractivity contribution is 5.93. The Morgan fingerprint density at radius 3 is 2.58 bits per heavy atom. The zero-order valence-corrected chi connectivity index (χ0v) is 13.1. The van der Waals surface area contributed by atoms with Crippen LogP contribution in [-0.2, 0) is 4.79 Å². The van der Waals surface area contributed by atoms with Gasteiger partial charge in [-0.15, -0.1) is 0 Å². The van der Waals surface area contributed by atoms with E-state index >= 15 is 0 Å². The molecule has 6 nitrogen and oxygen atoms in total. The molecule has 1 aromatic carbocycles. The Morgan fingerprint density at radius 1 is 1.08 bits per heavy atom. The fourth-order valence-electron chi connectivity index (χ4n) is 2.26. The molecule has 0 fully saturated rings. The van der Waals surface area contributed by atoms with Crippen LogP contribution in [0, 0.1) is 0 Å². The predicted octanol–water partition coefficient (Wildman–Crippen LogP) is 2.51. The van der Waals surface area contributed by atoms with Gasteiger partial charge in [0.25, 0.3) is 5.56 Å². The maximum atomic E-state index is 12.4. The summed E-state index contributed by atoms with van der Waals surface area (Å²) < 4.78 is 1.19. The van der Waals surface area contributed by atoms with Crippen LogP contribution in [0.25, 0.3) is 11.3 Å². The van der Waals surface area contributed by atoms with Gasteiger partial charge >= 0.3 is 0 Å². The van der Waals surface area contributed by atoms with E-state index in [0.717, 1.165) is 5.56 Å². The molecule has 1 amide bonds. The van der Waals surface area contributed by atoms with E-state index < -0.39 is 6.04 Å². The first-order valence-corrected chi connectivity index (χ1v) is 7.51. The molecule has 0 aliphatic carbocycles. The Labute approximate surface area is 138 Å². The van der Waals surface area contributed by atoms with Crippen molar-refractivity contribution in [2.75, 3.05) is 5.32 Å². The van der Waals surface area contributed by atoms with Gasteiger partial charge in [-0.25, -0.2) is 4.68 Å². The molecule has 2 aromatic heterocycles. The van der Waals surface area contributed by atoms with Crippen LogP contribution in [0.15, 0.2) is 71.8 Å². The monoisotopic (exact) mass is 320 g/mol. The van der Waals surface area contributed by atoms with Crippen molar-refractivity contribution in [3.8, 4) is 11.3 Å². The SMILES string of the molecule is C[C@H](C(=O)Nc1cccnc1)n1nc(-c2ccccc2)ccc1=O. The van der Waals surface area contributed by atoms with E-state index in [1.807, 2.05) is 30.3 Å². The molecule has 3 aromatic rings. The minimum absolute atomic E-state index is 0.330. The molecule has 0 radical (unpaired) electrons. The van der Waals surface area contributed by atoms with Gasteiger partial charge in [-0.2, -0.15) is 5.10 Å². The van der Waals surface area contributed by atoms with Gasteiger partial charge in [-0.1, -0.05) is 30.3 Å². The largest absolute Gasteiger partial charge is 0.323 e. The van der Waals surface area contributed by atoms with E-state index in [1.165, 1.54) is 10.7 Å². The smallest absolute Gasteiger partial charge is 0.267 e. The van der Waals surface area contributed by atoms with Gasteiger partial charge in [0.1, 0.15) is 6.04 Å². The summed E-state index contributed by atoms with van der Waals surface area (Å²) >= 11 is 0. The van der Waals surface area contributed by atoms with Crippen molar-refractivity contribution in [2.24, 2.45) is 0 Å². The summed E-state index contributed by atoms with van der Waals surface area (Å²) in [5.41, 5.74) is 1.76. The standard InChI is InChI=1S/C18H16N4O2/c1-13(18(24)20-15-8-5-11-19-12-15)22-17(23)10-9-16(21-22)14-6-3-2-4-7-14/h2-13H,1H3,(H,20,24)/t13-/m1/s1. The Balaban J connectivity index is 1.88. The van der Waals surface area contributed by atoms with Gasteiger partial charge in [0, 0.05) is 17.8 Å². The zero-order valence-electron chi connectivity index (χ0n) is 13.1. The lowest BCUT2D eigenvalue weighted by atomic mass is 10.1. The number of amides is 1. The second kappa shape index (κ2) is 6.87. The van der Waals surface area contributed by atoms with Crippen molar-refractivity contribution in [1.29, 1.82) is 0 Å². The Kier molecular flexibility index (Phi) is 4.47. The van der Waals surface area contributed by atoms with Gasteiger partial charge in [0.15, 0.2) is 0 Å². The van der Waals surface area contributed by atoms with Gasteiger partial charge in [-0.3, -0.25) is 14.6 Å². The fourth-order valence-corrected chi connectivity index (χ4v) is 2.26. The molecule has 0 saturated heterocycles. The lowest BCUT2D eigenvalue weighted by molar-refractivity contribution is -0.119. The molecule has 0 bridgehead atoms. The third-order valence-corrected chi connectivity index (χ3v) is 3.57. The van der Waals surface area contributed by atoms with Crippen molar-refractivity contribution in [3.05, 3.63) is 77.3 Å². The second-order valence-electron chi connectivity index (χ2n) is 5.27. The number of anilines is 1. The molecule has 0 spiro atoms. The number of hydrogen-bond donors (Lipinski definition) is 1. The zero-order chi connectivity index (χ0) is 16.9. The second-order valence-corrected chi connectivity index (χ2v) is 5.27. The van der Waals surface area contributed by atoms with Crippen LogP contribution in [-0.4, -0.2) is 20.7 Å². The summed E-state index contributed by atoms with van der Waals surface area (Å²) in [6.07, 6.45) is 3.16. The highest BCUT2D eigenvalue weighted by atomic mass is 16.2. The molecule has 24 heavy (non-hydrogen) atoms. The normalized spacial score (nSPS) is 11.7. The summed E-state index contributed by atoms with van der Waals surface area (Å²) in [5, 5.41) is 7.06. The molecule has 120 valence electrons. The van der Waals surface area contributed by atoms with Crippen molar-refractivity contribution < 1.29 is 4.79 Å². The van der Waals surface area contributed by atoms with E-state index in [0.29, 0.717) is 11.4 Å². The van der Waals surface area contributed by atoms with Crippen LogP contribution in [0.3, 0.4) is 0 Å². The number of pyridine rings is 1. The van der Waals surface area contributed by atoms with Crippen LogP contribution >= 0.6 is 0 Å². The molecule has 0 unspecified atom stereocenters. The molecule has 0 aliphatic heterocycles. The van der Waals surface area contributed by atoms with Gasteiger partial charge < -0.3 is 5.32 Å². The quantitative estimate of drug-likeness (QED) is 0.801. The predicted molar refractivity (Wildman–Crippen MR) is 91.5 cm³/mol. The maximum Gasteiger partial charge on any atom is 0.267 e. The average molecular weight is 320 g/mol. The summed E-state index contributed by atoms with van der Waals surface area (Å²) in [6.45, 7) is 1.63. The maximum absolute atomic E-state index is 12.4. The number of hydrogen-bond acceptors (Lipinski definition) is 4. The topological polar surface area (TPSA) is 76.9 Å². The van der Waals surface area contributed by atoms with Crippen LogP contribution in [0.2, 0.25) is 0 Å². The molecule has 0 aliphatic rings. The third kappa shape index (κ3) is 3.38. The highest BCUT2D eigenvalue weighted by Crippen LogP contribution is 2.15. The average Bonchev–Trinajstić information content (AvgIpc) is 2.63. The van der Waals surface area contributed by atoms with E-state index in [1.54, 1.807) is 37.5 Å². The summed E-state index contributed by atoms with van der Waals surface area (Å²) in [7, 11) is 0. The molecule has 2 heterocycles. The lowest BCUT2D eigenvalue weighted by Gasteiger charge is -2.14. The van der Waals surface area contributed by atoms with Crippen molar-refractivity contribution >= 4 is 11.6 Å². The van der Waals surface area contributed by atoms with Gasteiger partial charge in [-0.05, 0) is 25.1 Å². The molecule has 6 heteroatoms.